The summed E-state index contributed by atoms with van der Waals surface area (Å²) in [4.78, 5) is 4.09. The summed E-state index contributed by atoms with van der Waals surface area (Å²) in [6, 6.07) is 0. The first-order valence-corrected chi connectivity index (χ1v) is 10.0. The zero-order valence-corrected chi connectivity index (χ0v) is 14.8. The molecule has 0 aromatic heterocycles. The molecule has 0 aliphatic heterocycles. The van der Waals surface area contributed by atoms with Crippen LogP contribution in [0.3, 0.4) is 0 Å². The highest BCUT2D eigenvalue weighted by Gasteiger charge is 2.07. The largest absolute Gasteiger partial charge is 0.356 e. The Morgan fingerprint density at radius 2 is 1.48 bits per heavy atom. The van der Waals surface area contributed by atoms with Crippen LogP contribution in [0.25, 0.3) is 0 Å². The lowest BCUT2D eigenvalue weighted by Gasteiger charge is -2.11. The van der Waals surface area contributed by atoms with Gasteiger partial charge in [-0.3, -0.25) is 4.99 Å². The molecule has 0 spiro atoms. The Labute approximate surface area is 130 Å². The minimum absolute atomic E-state index is 0.154. The molecule has 0 aliphatic carbocycles. The van der Waals surface area contributed by atoms with E-state index >= 15 is 0 Å². The van der Waals surface area contributed by atoms with Crippen LogP contribution in [0.15, 0.2) is 4.99 Å². The molecule has 0 rings (SSSR count). The van der Waals surface area contributed by atoms with Gasteiger partial charge < -0.3 is 10.6 Å². The first-order chi connectivity index (χ1) is 10.1. The molecule has 126 valence electrons. The predicted octanol–water partition coefficient (Wildman–Crippen LogP) is 2.34. The van der Waals surface area contributed by atoms with Gasteiger partial charge in [0.1, 0.15) is 0 Å². The third-order valence-electron chi connectivity index (χ3n) is 3.44. The van der Waals surface area contributed by atoms with E-state index in [1.807, 2.05) is 0 Å². The maximum atomic E-state index is 11.4. The summed E-state index contributed by atoms with van der Waals surface area (Å²) in [5.74, 6) is 1.03. The first-order valence-electron chi connectivity index (χ1n) is 8.20. The molecule has 0 aromatic rings. The molecular weight excluding hydrogens is 286 g/mol. The molecule has 21 heavy (non-hydrogen) atoms. The number of nitrogens with one attached hydrogen (secondary N) is 2. The quantitative estimate of drug-likeness (QED) is 0.329. The van der Waals surface area contributed by atoms with Gasteiger partial charge in [0.2, 0.25) is 0 Å². The standard InChI is InChI=1S/C15H33N3O2S/c1-4-6-7-8-9-10-11-12-17-15(16-3)18-13-14-21(19,20)5-2/h4-14H2,1-3H3,(H2,16,17,18). The van der Waals surface area contributed by atoms with Gasteiger partial charge in [-0.25, -0.2) is 8.42 Å². The second kappa shape index (κ2) is 12.9. The van der Waals surface area contributed by atoms with E-state index in [2.05, 4.69) is 22.5 Å². The Hall–Kier alpha value is -0.780. The van der Waals surface area contributed by atoms with Crippen LogP contribution in [0.5, 0.6) is 0 Å². The highest BCUT2D eigenvalue weighted by molar-refractivity contribution is 7.91. The van der Waals surface area contributed by atoms with Gasteiger partial charge in [0.05, 0.1) is 5.75 Å². The smallest absolute Gasteiger partial charge is 0.191 e. The third-order valence-corrected chi connectivity index (χ3v) is 5.15. The molecule has 0 saturated heterocycles. The number of aliphatic imine (C=N–C) groups is 1. The zero-order chi connectivity index (χ0) is 16.0. The molecule has 6 heteroatoms. The Morgan fingerprint density at radius 3 is 2.05 bits per heavy atom. The second-order valence-corrected chi connectivity index (χ2v) is 7.76. The van der Waals surface area contributed by atoms with Gasteiger partial charge >= 0.3 is 0 Å². The fraction of sp³-hybridized carbons (Fsp3) is 0.933. The zero-order valence-electron chi connectivity index (χ0n) is 14.0. The summed E-state index contributed by atoms with van der Waals surface area (Å²) in [6.07, 6.45) is 8.96. The minimum atomic E-state index is -2.91. The number of rotatable bonds is 12. The van der Waals surface area contributed by atoms with E-state index in [1.165, 1.54) is 38.5 Å². The SMILES string of the molecule is CCCCCCCCCNC(=NC)NCCS(=O)(=O)CC. The summed E-state index contributed by atoms with van der Waals surface area (Å²) in [5, 5.41) is 6.26. The lowest BCUT2D eigenvalue weighted by molar-refractivity contribution is 0.583. The average molecular weight is 320 g/mol. The molecule has 2 N–H and O–H groups in total. The number of unbranched alkanes of at least 4 members (excludes halogenated alkanes) is 6. The highest BCUT2D eigenvalue weighted by atomic mass is 32.2. The van der Waals surface area contributed by atoms with Crippen LogP contribution >= 0.6 is 0 Å². The lowest BCUT2D eigenvalue weighted by Crippen LogP contribution is -2.40. The van der Waals surface area contributed by atoms with Crippen molar-refractivity contribution in [2.24, 2.45) is 4.99 Å². The topological polar surface area (TPSA) is 70.6 Å². The Balaban J connectivity index is 3.59. The Kier molecular flexibility index (Phi) is 12.4. The summed E-state index contributed by atoms with van der Waals surface area (Å²) in [7, 11) is -1.21. The van der Waals surface area contributed by atoms with Gasteiger partial charge in [0.25, 0.3) is 0 Å². The maximum absolute atomic E-state index is 11.4. The van der Waals surface area contributed by atoms with Crippen molar-refractivity contribution in [3.63, 3.8) is 0 Å². The average Bonchev–Trinajstić information content (AvgIpc) is 2.48. The maximum Gasteiger partial charge on any atom is 0.191 e. The highest BCUT2D eigenvalue weighted by Crippen LogP contribution is 2.06. The van der Waals surface area contributed by atoms with E-state index in [1.54, 1.807) is 14.0 Å². The van der Waals surface area contributed by atoms with Crippen LogP contribution in [-0.4, -0.2) is 46.0 Å². The predicted molar refractivity (Wildman–Crippen MR) is 91.7 cm³/mol. The van der Waals surface area contributed by atoms with Gasteiger partial charge in [0.15, 0.2) is 15.8 Å². The van der Waals surface area contributed by atoms with Crippen LogP contribution in [0.4, 0.5) is 0 Å². The lowest BCUT2D eigenvalue weighted by atomic mass is 10.1. The second-order valence-electron chi connectivity index (χ2n) is 5.28. The molecule has 0 aliphatic rings. The monoisotopic (exact) mass is 319 g/mol. The number of sulfone groups is 1. The Bertz CT molecular complexity index is 367. The van der Waals surface area contributed by atoms with Crippen molar-refractivity contribution >= 4 is 15.8 Å². The minimum Gasteiger partial charge on any atom is -0.356 e. The number of nitrogens with zero attached hydrogens (tertiary/aromatic N) is 1. The summed E-state index contributed by atoms with van der Waals surface area (Å²) in [6.45, 7) is 5.19. The summed E-state index contributed by atoms with van der Waals surface area (Å²) >= 11 is 0. The van der Waals surface area contributed by atoms with E-state index in [9.17, 15) is 8.42 Å². The van der Waals surface area contributed by atoms with E-state index in [0.717, 1.165) is 13.0 Å². The van der Waals surface area contributed by atoms with E-state index in [-0.39, 0.29) is 11.5 Å². The molecule has 0 unspecified atom stereocenters. The molecule has 0 amide bonds. The van der Waals surface area contributed by atoms with Crippen molar-refractivity contribution in [2.75, 3.05) is 31.6 Å². The molecule has 0 saturated carbocycles. The van der Waals surface area contributed by atoms with Crippen molar-refractivity contribution in [2.45, 2.75) is 58.8 Å². The Morgan fingerprint density at radius 1 is 0.905 bits per heavy atom. The van der Waals surface area contributed by atoms with Crippen molar-refractivity contribution in [1.29, 1.82) is 0 Å². The normalized spacial score (nSPS) is 12.4. The van der Waals surface area contributed by atoms with Gasteiger partial charge in [0, 0.05) is 25.9 Å². The molecule has 0 fully saturated rings. The van der Waals surface area contributed by atoms with Crippen LogP contribution in [0, 0.1) is 0 Å². The third kappa shape index (κ3) is 12.7. The molecule has 0 aromatic carbocycles. The fourth-order valence-corrected chi connectivity index (χ4v) is 2.68. The van der Waals surface area contributed by atoms with Crippen molar-refractivity contribution in [1.82, 2.24) is 10.6 Å². The summed E-state index contributed by atoms with van der Waals surface area (Å²) < 4.78 is 22.8. The molecule has 0 atom stereocenters. The van der Waals surface area contributed by atoms with Crippen molar-refractivity contribution < 1.29 is 8.42 Å². The summed E-state index contributed by atoms with van der Waals surface area (Å²) in [5.41, 5.74) is 0. The molecule has 0 radical (unpaired) electrons. The van der Waals surface area contributed by atoms with Crippen LogP contribution in [0.1, 0.15) is 58.8 Å². The van der Waals surface area contributed by atoms with Gasteiger partial charge in [-0.2, -0.15) is 0 Å². The number of hydrogen-bond donors (Lipinski definition) is 2. The molecule has 0 bridgehead atoms. The van der Waals surface area contributed by atoms with Crippen molar-refractivity contribution in [3.8, 4) is 0 Å². The van der Waals surface area contributed by atoms with E-state index in [4.69, 9.17) is 0 Å². The molecule has 0 heterocycles. The molecule has 5 nitrogen and oxygen atoms in total. The fourth-order valence-electron chi connectivity index (χ4n) is 1.98. The van der Waals surface area contributed by atoms with Gasteiger partial charge in [-0.15, -0.1) is 0 Å². The van der Waals surface area contributed by atoms with Crippen LogP contribution < -0.4 is 10.6 Å². The van der Waals surface area contributed by atoms with Crippen molar-refractivity contribution in [3.05, 3.63) is 0 Å². The van der Waals surface area contributed by atoms with Crippen LogP contribution in [-0.2, 0) is 9.84 Å². The molecular formula is C15H33N3O2S. The first kappa shape index (κ1) is 20.2. The number of guanidine groups is 1. The van der Waals surface area contributed by atoms with Gasteiger partial charge in [-0.1, -0.05) is 52.4 Å². The van der Waals surface area contributed by atoms with E-state index < -0.39 is 9.84 Å². The van der Waals surface area contributed by atoms with E-state index in [0.29, 0.717) is 12.5 Å². The van der Waals surface area contributed by atoms with Crippen LogP contribution in [0.2, 0.25) is 0 Å². The number of hydrogen-bond acceptors (Lipinski definition) is 3. The van der Waals surface area contributed by atoms with Gasteiger partial charge in [-0.05, 0) is 6.42 Å².